The summed E-state index contributed by atoms with van der Waals surface area (Å²) in [5.41, 5.74) is 4.51. The van der Waals surface area contributed by atoms with Gasteiger partial charge in [-0.15, -0.1) is 0 Å². The number of nitrogens with zero attached hydrogens (tertiary/aromatic N) is 1. The summed E-state index contributed by atoms with van der Waals surface area (Å²) in [6.07, 6.45) is 0. The van der Waals surface area contributed by atoms with Crippen molar-refractivity contribution in [2.45, 2.75) is 23.6 Å². The van der Waals surface area contributed by atoms with Gasteiger partial charge in [0.05, 0.1) is 21.2 Å². The summed E-state index contributed by atoms with van der Waals surface area (Å²) in [7, 11) is -3.61. The minimum absolute atomic E-state index is 0.0473. The van der Waals surface area contributed by atoms with Crippen LogP contribution in [-0.4, -0.2) is 14.1 Å². The summed E-state index contributed by atoms with van der Waals surface area (Å²) in [5, 5.41) is 4.04. The highest BCUT2D eigenvalue weighted by molar-refractivity contribution is 7.91. The highest BCUT2D eigenvalue weighted by Crippen LogP contribution is 2.23. The highest BCUT2D eigenvalue weighted by atomic mass is 32.2. The Bertz CT molecular complexity index is 1120. The Hall–Kier alpha value is -3.06. The molecule has 3 aromatic rings. The molecular formula is C21H18F2N2O2S. The molecule has 0 unspecified atom stereocenters. The number of rotatable bonds is 5. The van der Waals surface area contributed by atoms with E-state index < -0.39 is 21.5 Å². The van der Waals surface area contributed by atoms with E-state index in [9.17, 15) is 17.2 Å². The molecule has 0 fully saturated rings. The molecule has 28 heavy (non-hydrogen) atoms. The lowest BCUT2D eigenvalue weighted by Crippen LogP contribution is -2.04. The normalized spacial score (nSPS) is 12.1. The van der Waals surface area contributed by atoms with E-state index in [-0.39, 0.29) is 21.1 Å². The first-order valence-corrected chi connectivity index (χ1v) is 9.93. The van der Waals surface area contributed by atoms with E-state index in [0.29, 0.717) is 5.69 Å². The van der Waals surface area contributed by atoms with Gasteiger partial charge in [-0.05, 0) is 68.4 Å². The SMILES string of the molecule is C/C(=N/Nc1ccc(S(=O)(=O)c2ccc(C)cc2)cc1)c1cc(F)ccc1F. The van der Waals surface area contributed by atoms with Crippen molar-refractivity contribution < 1.29 is 17.2 Å². The van der Waals surface area contributed by atoms with Gasteiger partial charge in [0.25, 0.3) is 0 Å². The lowest BCUT2D eigenvalue weighted by Gasteiger charge is -2.08. The molecule has 4 nitrogen and oxygen atoms in total. The first-order valence-electron chi connectivity index (χ1n) is 8.45. The Balaban J connectivity index is 1.79. The fourth-order valence-corrected chi connectivity index (χ4v) is 3.81. The maximum Gasteiger partial charge on any atom is 0.206 e. The van der Waals surface area contributed by atoms with Gasteiger partial charge < -0.3 is 0 Å². The molecule has 144 valence electrons. The fraction of sp³-hybridized carbons (Fsp3) is 0.0952. The van der Waals surface area contributed by atoms with Crippen molar-refractivity contribution in [2.75, 3.05) is 5.43 Å². The summed E-state index contributed by atoms with van der Waals surface area (Å²) < 4.78 is 52.4. The van der Waals surface area contributed by atoms with Gasteiger partial charge in [0.15, 0.2) is 0 Å². The molecule has 0 saturated carbocycles. The topological polar surface area (TPSA) is 58.5 Å². The monoisotopic (exact) mass is 400 g/mol. The zero-order valence-electron chi connectivity index (χ0n) is 15.3. The van der Waals surface area contributed by atoms with E-state index in [1.807, 2.05) is 6.92 Å². The van der Waals surface area contributed by atoms with Crippen LogP contribution in [0.25, 0.3) is 0 Å². The van der Waals surface area contributed by atoms with E-state index in [0.717, 1.165) is 23.8 Å². The van der Waals surface area contributed by atoms with Crippen molar-refractivity contribution in [3.8, 4) is 0 Å². The van der Waals surface area contributed by atoms with Gasteiger partial charge >= 0.3 is 0 Å². The Labute approximate surface area is 162 Å². The molecule has 0 saturated heterocycles. The molecule has 0 aliphatic rings. The molecule has 3 aromatic carbocycles. The van der Waals surface area contributed by atoms with Gasteiger partial charge in [0, 0.05) is 5.56 Å². The van der Waals surface area contributed by atoms with Crippen LogP contribution in [-0.2, 0) is 9.84 Å². The van der Waals surface area contributed by atoms with E-state index in [1.165, 1.54) is 12.1 Å². The Morgan fingerprint density at radius 3 is 2.07 bits per heavy atom. The minimum atomic E-state index is -3.61. The molecule has 0 aliphatic carbocycles. The molecule has 3 rings (SSSR count). The maximum absolute atomic E-state index is 13.8. The van der Waals surface area contributed by atoms with Crippen LogP contribution in [0.2, 0.25) is 0 Å². The van der Waals surface area contributed by atoms with Gasteiger partial charge in [-0.1, -0.05) is 17.7 Å². The fourth-order valence-electron chi connectivity index (χ4n) is 2.55. The number of anilines is 1. The number of hydrogen-bond donors (Lipinski definition) is 1. The van der Waals surface area contributed by atoms with Crippen LogP contribution >= 0.6 is 0 Å². The second-order valence-electron chi connectivity index (χ2n) is 6.27. The zero-order chi connectivity index (χ0) is 20.3. The summed E-state index contributed by atoms with van der Waals surface area (Å²) in [4.78, 5) is 0.369. The van der Waals surface area contributed by atoms with Crippen LogP contribution in [0.3, 0.4) is 0 Å². The first-order chi connectivity index (χ1) is 13.3. The van der Waals surface area contributed by atoms with E-state index in [1.54, 1.807) is 43.3 Å². The van der Waals surface area contributed by atoms with Crippen LogP contribution in [0.15, 0.2) is 81.6 Å². The van der Waals surface area contributed by atoms with Crippen molar-refractivity contribution in [3.63, 3.8) is 0 Å². The number of hydrogen-bond acceptors (Lipinski definition) is 4. The molecule has 7 heteroatoms. The molecule has 0 bridgehead atoms. The number of sulfone groups is 1. The van der Waals surface area contributed by atoms with E-state index >= 15 is 0 Å². The number of hydrazone groups is 1. The van der Waals surface area contributed by atoms with E-state index in [4.69, 9.17) is 0 Å². The van der Waals surface area contributed by atoms with Crippen LogP contribution in [0.1, 0.15) is 18.1 Å². The molecule has 1 N–H and O–H groups in total. The van der Waals surface area contributed by atoms with Crippen LogP contribution in [0, 0.1) is 18.6 Å². The van der Waals surface area contributed by atoms with Crippen molar-refractivity contribution in [2.24, 2.45) is 5.10 Å². The second-order valence-corrected chi connectivity index (χ2v) is 8.22. The predicted octanol–water partition coefficient (Wildman–Crippen LogP) is 4.94. The minimum Gasteiger partial charge on any atom is -0.278 e. The average molecular weight is 400 g/mol. The molecule has 0 spiro atoms. The number of nitrogens with one attached hydrogen (secondary N) is 1. The smallest absolute Gasteiger partial charge is 0.206 e. The Kier molecular flexibility index (Phi) is 5.56. The van der Waals surface area contributed by atoms with Gasteiger partial charge in [-0.2, -0.15) is 5.10 Å². The van der Waals surface area contributed by atoms with Gasteiger partial charge in [-0.25, -0.2) is 17.2 Å². The third-order valence-electron chi connectivity index (χ3n) is 4.17. The molecule has 0 radical (unpaired) electrons. The predicted molar refractivity (Wildman–Crippen MR) is 105 cm³/mol. The molecule has 0 amide bonds. The maximum atomic E-state index is 13.8. The van der Waals surface area contributed by atoms with Crippen molar-refractivity contribution >= 4 is 21.2 Å². The van der Waals surface area contributed by atoms with Crippen LogP contribution in [0.4, 0.5) is 14.5 Å². The average Bonchev–Trinajstić information content (AvgIpc) is 2.68. The zero-order valence-corrected chi connectivity index (χ0v) is 16.1. The van der Waals surface area contributed by atoms with Crippen molar-refractivity contribution in [1.82, 2.24) is 0 Å². The van der Waals surface area contributed by atoms with E-state index in [2.05, 4.69) is 10.5 Å². The van der Waals surface area contributed by atoms with Crippen LogP contribution < -0.4 is 5.43 Å². The third kappa shape index (κ3) is 4.26. The summed E-state index contributed by atoms with van der Waals surface area (Å²) in [5.74, 6) is -1.14. The molecule has 0 atom stereocenters. The quantitative estimate of drug-likeness (QED) is 0.487. The first kappa shape index (κ1) is 19.7. The molecule has 0 aromatic heterocycles. The molecule has 0 aliphatic heterocycles. The Morgan fingerprint density at radius 1 is 0.893 bits per heavy atom. The number of benzene rings is 3. The summed E-state index contributed by atoms with van der Waals surface area (Å²) in [6, 6.07) is 15.8. The third-order valence-corrected chi connectivity index (χ3v) is 5.95. The lowest BCUT2D eigenvalue weighted by molar-refractivity contribution is 0.596. The standard InChI is InChI=1S/C21H18F2N2O2S/c1-14-3-8-18(9-4-14)28(26,27)19-10-6-17(7-11-19)25-24-15(2)20-13-16(22)5-12-21(20)23/h3-13,25H,1-2H3/b24-15-. The number of halogens is 2. The largest absolute Gasteiger partial charge is 0.278 e. The van der Waals surface area contributed by atoms with Gasteiger partial charge in [-0.3, -0.25) is 5.43 Å². The summed E-state index contributed by atoms with van der Waals surface area (Å²) in [6.45, 7) is 3.43. The molecule has 0 heterocycles. The van der Waals surface area contributed by atoms with Crippen molar-refractivity contribution in [1.29, 1.82) is 0 Å². The molecular weight excluding hydrogens is 382 g/mol. The van der Waals surface area contributed by atoms with Crippen molar-refractivity contribution in [3.05, 3.63) is 89.5 Å². The number of aryl methyl sites for hydroxylation is 1. The highest BCUT2D eigenvalue weighted by Gasteiger charge is 2.17. The second kappa shape index (κ2) is 7.90. The van der Waals surface area contributed by atoms with Gasteiger partial charge in [0.1, 0.15) is 11.6 Å². The van der Waals surface area contributed by atoms with Crippen LogP contribution in [0.5, 0.6) is 0 Å². The Morgan fingerprint density at radius 2 is 1.46 bits per heavy atom. The summed E-state index contributed by atoms with van der Waals surface area (Å²) >= 11 is 0. The van der Waals surface area contributed by atoms with Gasteiger partial charge in [0.2, 0.25) is 9.84 Å². The lowest BCUT2D eigenvalue weighted by atomic mass is 10.1.